The number of hydrogen-bond acceptors (Lipinski definition) is 1. The minimum absolute atomic E-state index is 0. The van der Waals surface area contributed by atoms with E-state index in [4.69, 9.17) is 0 Å². The quantitative estimate of drug-likeness (QED) is 0.670. The summed E-state index contributed by atoms with van der Waals surface area (Å²) in [4.78, 5) is 1.94. The topological polar surface area (TPSA) is 3.24 Å². The second-order valence-corrected chi connectivity index (χ2v) is 5.01. The van der Waals surface area contributed by atoms with Crippen molar-refractivity contribution in [1.82, 2.24) is 4.90 Å². The maximum atomic E-state index is 14.0. The Bertz CT molecular complexity index is 563. The molecule has 1 nitrogen and oxygen atoms in total. The molecule has 0 unspecified atom stereocenters. The molecule has 0 amide bonds. The van der Waals surface area contributed by atoms with Gasteiger partial charge in [-0.15, -0.1) is 22.0 Å². The molecule has 0 N–H and O–H groups in total. The van der Waals surface area contributed by atoms with E-state index >= 15 is 0 Å². The van der Waals surface area contributed by atoms with Crippen LogP contribution in [0.4, 0.5) is 4.39 Å². The average molecular weight is 396 g/mol. The zero-order chi connectivity index (χ0) is 13.3. The Balaban J connectivity index is 0.00000180. The van der Waals surface area contributed by atoms with E-state index in [1.54, 1.807) is 12.1 Å². The van der Waals surface area contributed by atoms with Crippen LogP contribution in [0.1, 0.15) is 18.1 Å². The summed E-state index contributed by atoms with van der Waals surface area (Å²) in [6.07, 6.45) is 4.89. The fourth-order valence-electron chi connectivity index (χ4n) is 1.94. The number of likely N-dealkylation sites (N-methyl/N-ethyl adjacent to an activating group) is 1. The molecular formula is C15H14BrFNY-. The molecule has 0 spiro atoms. The second-order valence-electron chi connectivity index (χ2n) is 4.16. The van der Waals surface area contributed by atoms with Gasteiger partial charge in [0, 0.05) is 39.3 Å². The number of nitrogens with zero attached hydrogens (tertiary/aromatic N) is 1. The molecule has 1 aliphatic heterocycles. The summed E-state index contributed by atoms with van der Waals surface area (Å²) < 4.78 is 14.9. The monoisotopic (exact) mass is 395 g/mol. The van der Waals surface area contributed by atoms with Gasteiger partial charge in [-0.2, -0.15) is 12.2 Å². The molecule has 0 saturated heterocycles. The summed E-state index contributed by atoms with van der Waals surface area (Å²) in [7, 11) is 0. The fraction of sp³-hybridized carbons (Fsp3) is 0.200. The van der Waals surface area contributed by atoms with Crippen LogP contribution in [0.2, 0.25) is 0 Å². The molecule has 0 fully saturated rings. The smallest absolute Gasteiger partial charge is 0.0784 e. The van der Waals surface area contributed by atoms with Crippen molar-refractivity contribution >= 4 is 21.6 Å². The van der Waals surface area contributed by atoms with Crippen LogP contribution in [0.25, 0.3) is 5.70 Å². The first-order valence-corrected chi connectivity index (χ1v) is 6.56. The van der Waals surface area contributed by atoms with Crippen LogP contribution in [0.15, 0.2) is 41.0 Å². The summed E-state index contributed by atoms with van der Waals surface area (Å²) in [5, 5.41) is 0. The van der Waals surface area contributed by atoms with E-state index in [1.165, 1.54) is 6.07 Å². The third-order valence-corrected chi connectivity index (χ3v) is 3.59. The van der Waals surface area contributed by atoms with Gasteiger partial charge in [0.25, 0.3) is 0 Å². The minimum atomic E-state index is -0.227. The molecule has 0 saturated carbocycles. The van der Waals surface area contributed by atoms with Gasteiger partial charge in [-0.3, -0.25) is 0 Å². The Hall–Kier alpha value is -0.246. The standard InChI is InChI=1S/C15H14BrFN.Y/c1-4-18-11(3)13(16)7-8-15(18)12-6-5-10(2)9-14(12)17;/h5-7,9H,3-4H2,1-2H3;/q-1;. The first-order chi connectivity index (χ1) is 8.54. The van der Waals surface area contributed by atoms with E-state index in [0.29, 0.717) is 5.56 Å². The van der Waals surface area contributed by atoms with Gasteiger partial charge < -0.3 is 4.90 Å². The molecule has 19 heavy (non-hydrogen) atoms. The van der Waals surface area contributed by atoms with Crippen molar-refractivity contribution in [3.63, 3.8) is 0 Å². The van der Waals surface area contributed by atoms with Crippen LogP contribution < -0.4 is 0 Å². The molecule has 0 bridgehead atoms. The maximum absolute atomic E-state index is 14.0. The molecule has 97 valence electrons. The van der Waals surface area contributed by atoms with Crippen molar-refractivity contribution in [1.29, 1.82) is 0 Å². The molecule has 4 heteroatoms. The Labute approximate surface area is 147 Å². The Kier molecular flexibility index (Phi) is 6.16. The van der Waals surface area contributed by atoms with Crippen molar-refractivity contribution in [2.75, 3.05) is 6.54 Å². The van der Waals surface area contributed by atoms with Crippen LogP contribution in [0.5, 0.6) is 0 Å². The van der Waals surface area contributed by atoms with Gasteiger partial charge in [-0.05, 0) is 25.6 Å². The predicted octanol–water partition coefficient (Wildman–Crippen LogP) is 4.40. The number of aryl methyl sites for hydroxylation is 1. The molecule has 1 radical (unpaired) electrons. The van der Waals surface area contributed by atoms with E-state index in [0.717, 1.165) is 28.0 Å². The summed E-state index contributed by atoms with van der Waals surface area (Å²) in [5.74, 6) is -0.227. The van der Waals surface area contributed by atoms with Gasteiger partial charge in [0.15, 0.2) is 0 Å². The van der Waals surface area contributed by atoms with Crippen molar-refractivity contribution in [3.05, 3.63) is 64.1 Å². The molecule has 2 rings (SSSR count). The number of benzene rings is 1. The summed E-state index contributed by atoms with van der Waals surface area (Å²) >= 11 is 3.42. The van der Waals surface area contributed by atoms with Crippen LogP contribution in [-0.4, -0.2) is 11.4 Å². The molecule has 1 aromatic carbocycles. The van der Waals surface area contributed by atoms with Crippen LogP contribution in [-0.2, 0) is 32.7 Å². The van der Waals surface area contributed by atoms with Crippen LogP contribution >= 0.6 is 15.9 Å². The first-order valence-electron chi connectivity index (χ1n) is 5.77. The third-order valence-electron chi connectivity index (χ3n) is 2.90. The predicted molar refractivity (Wildman–Crippen MR) is 76.3 cm³/mol. The summed E-state index contributed by atoms with van der Waals surface area (Å²) in [5.41, 5.74) is 3.01. The van der Waals surface area contributed by atoms with E-state index < -0.39 is 0 Å². The molecular weight excluding hydrogens is 382 g/mol. The zero-order valence-corrected chi connectivity index (χ0v) is 15.4. The average Bonchev–Trinajstić information content (AvgIpc) is 2.33. The Morgan fingerprint density at radius 3 is 2.68 bits per heavy atom. The SMILES string of the molecule is C=C1C(Br)=C[C-]=C(c2ccc(C)cc2F)N1CC.[Y]. The van der Waals surface area contributed by atoms with Gasteiger partial charge in [-0.1, -0.05) is 34.0 Å². The Morgan fingerprint density at radius 2 is 2.11 bits per heavy atom. The first kappa shape index (κ1) is 16.8. The van der Waals surface area contributed by atoms with Gasteiger partial charge in [0.2, 0.25) is 0 Å². The summed E-state index contributed by atoms with van der Waals surface area (Å²) in [6, 6.07) is 5.22. The van der Waals surface area contributed by atoms with Gasteiger partial charge in [0.05, 0.1) is 5.82 Å². The van der Waals surface area contributed by atoms with Gasteiger partial charge >= 0.3 is 0 Å². The number of halogens is 2. The number of allylic oxidation sites excluding steroid dienone is 3. The maximum Gasteiger partial charge on any atom is 0.0784 e. The van der Waals surface area contributed by atoms with Gasteiger partial charge in [-0.25, -0.2) is 4.39 Å². The largest absolute Gasteiger partial charge is 0.375 e. The molecule has 0 atom stereocenters. The molecule has 1 heterocycles. The van der Waals surface area contributed by atoms with Crippen molar-refractivity contribution in [3.8, 4) is 0 Å². The molecule has 0 aromatic heterocycles. The number of hydrogen-bond donors (Lipinski definition) is 0. The molecule has 0 aliphatic carbocycles. The molecule has 1 aromatic rings. The molecule has 1 aliphatic rings. The number of rotatable bonds is 2. The summed E-state index contributed by atoms with van der Waals surface area (Å²) in [6.45, 7) is 8.60. The van der Waals surface area contributed by atoms with Gasteiger partial charge in [0.1, 0.15) is 0 Å². The minimum Gasteiger partial charge on any atom is -0.375 e. The van der Waals surface area contributed by atoms with Crippen LogP contribution in [0.3, 0.4) is 0 Å². The normalized spacial score (nSPS) is 14.7. The zero-order valence-electron chi connectivity index (χ0n) is 11.0. The van der Waals surface area contributed by atoms with Crippen molar-refractivity contribution in [2.45, 2.75) is 13.8 Å². The van der Waals surface area contributed by atoms with E-state index in [9.17, 15) is 4.39 Å². The second kappa shape index (κ2) is 6.96. The third kappa shape index (κ3) is 3.45. The van der Waals surface area contributed by atoms with Crippen molar-refractivity contribution < 1.29 is 37.1 Å². The van der Waals surface area contributed by atoms with Crippen LogP contribution in [0, 0.1) is 18.8 Å². The van der Waals surface area contributed by atoms with Crippen molar-refractivity contribution in [2.24, 2.45) is 0 Å². The van der Waals surface area contributed by atoms with E-state index in [2.05, 4.69) is 28.6 Å². The van der Waals surface area contributed by atoms with E-state index in [-0.39, 0.29) is 38.5 Å². The van der Waals surface area contributed by atoms with E-state index in [1.807, 2.05) is 24.8 Å². The fourth-order valence-corrected chi connectivity index (χ4v) is 2.27. The Morgan fingerprint density at radius 1 is 1.42 bits per heavy atom.